The third-order valence-electron chi connectivity index (χ3n) is 2.28. The maximum atomic E-state index is 5.39. The Bertz CT molecular complexity index is 235. The number of hydrogen-bond donors (Lipinski definition) is 0. The molecular formula is C12H18OS. The van der Waals surface area contributed by atoms with E-state index >= 15 is 0 Å². The summed E-state index contributed by atoms with van der Waals surface area (Å²) < 4.78 is 5.39. The fourth-order valence-corrected chi connectivity index (χ4v) is 2.10. The summed E-state index contributed by atoms with van der Waals surface area (Å²) in [5.74, 6) is 1.09. The molecule has 0 spiro atoms. The minimum Gasteiger partial charge on any atom is -0.381 e. The number of benzene rings is 1. The molecule has 0 amide bonds. The molecule has 0 saturated heterocycles. The van der Waals surface area contributed by atoms with Crippen LogP contribution in [0.3, 0.4) is 0 Å². The van der Waals surface area contributed by atoms with Crippen molar-refractivity contribution in [2.75, 3.05) is 19.1 Å². The molecule has 1 unspecified atom stereocenters. The predicted octanol–water partition coefficient (Wildman–Crippen LogP) is 3.00. The van der Waals surface area contributed by atoms with Crippen LogP contribution in [0.2, 0.25) is 0 Å². The van der Waals surface area contributed by atoms with Gasteiger partial charge in [-0.2, -0.15) is 11.8 Å². The first kappa shape index (κ1) is 11.6. The Morgan fingerprint density at radius 3 is 2.57 bits per heavy atom. The summed E-state index contributed by atoms with van der Waals surface area (Å²) in [6.07, 6.45) is 4.74. The Morgan fingerprint density at radius 1 is 1.29 bits per heavy atom. The Hall–Kier alpha value is -0.470. The molecule has 1 nitrogen and oxygen atoms in total. The van der Waals surface area contributed by atoms with Crippen LogP contribution in [-0.4, -0.2) is 25.2 Å². The summed E-state index contributed by atoms with van der Waals surface area (Å²) in [4.78, 5) is 0. The average Bonchev–Trinajstić information content (AvgIpc) is 2.25. The van der Waals surface area contributed by atoms with Gasteiger partial charge in [0.25, 0.3) is 0 Å². The molecule has 0 saturated carbocycles. The van der Waals surface area contributed by atoms with E-state index in [1.807, 2.05) is 11.8 Å². The van der Waals surface area contributed by atoms with Gasteiger partial charge in [-0.05, 0) is 24.7 Å². The standard InChI is InChI=1S/C12H18OS/c1-13-12(10-14-2)9-8-11-6-4-3-5-7-11/h3-7,12H,8-10H2,1-2H3. The van der Waals surface area contributed by atoms with Gasteiger partial charge in [-0.15, -0.1) is 0 Å². The van der Waals surface area contributed by atoms with Gasteiger partial charge in [0, 0.05) is 12.9 Å². The molecular weight excluding hydrogens is 192 g/mol. The Kier molecular flexibility index (Phi) is 5.72. The molecule has 1 rings (SSSR count). The van der Waals surface area contributed by atoms with Gasteiger partial charge < -0.3 is 4.74 Å². The lowest BCUT2D eigenvalue weighted by atomic mass is 10.1. The van der Waals surface area contributed by atoms with Crippen molar-refractivity contribution in [2.24, 2.45) is 0 Å². The Labute approximate surface area is 90.9 Å². The molecule has 78 valence electrons. The topological polar surface area (TPSA) is 9.23 Å². The van der Waals surface area contributed by atoms with Gasteiger partial charge in [0.15, 0.2) is 0 Å². The van der Waals surface area contributed by atoms with Crippen LogP contribution >= 0.6 is 11.8 Å². The van der Waals surface area contributed by atoms with Crippen LogP contribution in [-0.2, 0) is 11.2 Å². The van der Waals surface area contributed by atoms with Crippen molar-refractivity contribution in [1.82, 2.24) is 0 Å². The fraction of sp³-hybridized carbons (Fsp3) is 0.500. The molecule has 0 aliphatic carbocycles. The van der Waals surface area contributed by atoms with Crippen LogP contribution in [0.25, 0.3) is 0 Å². The maximum Gasteiger partial charge on any atom is 0.0664 e. The van der Waals surface area contributed by atoms with E-state index in [1.54, 1.807) is 7.11 Å². The van der Waals surface area contributed by atoms with Crippen molar-refractivity contribution >= 4 is 11.8 Å². The molecule has 0 bridgehead atoms. The smallest absolute Gasteiger partial charge is 0.0664 e. The average molecular weight is 210 g/mol. The first-order chi connectivity index (χ1) is 6.86. The quantitative estimate of drug-likeness (QED) is 0.714. The lowest BCUT2D eigenvalue weighted by molar-refractivity contribution is 0.115. The molecule has 1 atom stereocenters. The number of aryl methyl sites for hydroxylation is 1. The largest absolute Gasteiger partial charge is 0.381 e. The highest BCUT2D eigenvalue weighted by molar-refractivity contribution is 7.98. The zero-order valence-electron chi connectivity index (χ0n) is 8.90. The number of hydrogen-bond acceptors (Lipinski definition) is 2. The summed E-state index contributed by atoms with van der Waals surface area (Å²) in [6, 6.07) is 10.6. The van der Waals surface area contributed by atoms with Gasteiger partial charge in [-0.3, -0.25) is 0 Å². The highest BCUT2D eigenvalue weighted by Crippen LogP contribution is 2.10. The molecule has 0 fully saturated rings. The van der Waals surface area contributed by atoms with Crippen molar-refractivity contribution in [3.63, 3.8) is 0 Å². The fourth-order valence-electron chi connectivity index (χ4n) is 1.43. The SMILES string of the molecule is COC(CCc1ccccc1)CSC. The van der Waals surface area contributed by atoms with E-state index in [-0.39, 0.29) is 0 Å². The summed E-state index contributed by atoms with van der Waals surface area (Å²) in [6.45, 7) is 0. The Morgan fingerprint density at radius 2 is 2.00 bits per heavy atom. The molecule has 0 N–H and O–H groups in total. The zero-order chi connectivity index (χ0) is 10.2. The van der Waals surface area contributed by atoms with E-state index in [9.17, 15) is 0 Å². The summed E-state index contributed by atoms with van der Waals surface area (Å²) in [5, 5.41) is 0. The van der Waals surface area contributed by atoms with Gasteiger partial charge >= 0.3 is 0 Å². The minimum absolute atomic E-state index is 0.394. The Balaban J connectivity index is 2.32. The molecule has 0 aliphatic rings. The van der Waals surface area contributed by atoms with Gasteiger partial charge in [0.2, 0.25) is 0 Å². The van der Waals surface area contributed by atoms with Crippen LogP contribution in [0.4, 0.5) is 0 Å². The van der Waals surface area contributed by atoms with Gasteiger partial charge in [0.1, 0.15) is 0 Å². The molecule has 1 aromatic carbocycles. The first-order valence-corrected chi connectivity index (χ1v) is 6.32. The van der Waals surface area contributed by atoms with E-state index in [2.05, 4.69) is 36.6 Å². The molecule has 1 aromatic rings. The lowest BCUT2D eigenvalue weighted by Gasteiger charge is -2.13. The van der Waals surface area contributed by atoms with Crippen molar-refractivity contribution < 1.29 is 4.74 Å². The molecule has 2 heteroatoms. The number of thioether (sulfide) groups is 1. The number of rotatable bonds is 6. The lowest BCUT2D eigenvalue weighted by Crippen LogP contribution is -2.14. The molecule has 0 heterocycles. The second kappa shape index (κ2) is 6.91. The van der Waals surface area contributed by atoms with Crippen molar-refractivity contribution in [2.45, 2.75) is 18.9 Å². The monoisotopic (exact) mass is 210 g/mol. The summed E-state index contributed by atoms with van der Waals surface area (Å²) in [5.41, 5.74) is 1.40. The van der Waals surface area contributed by atoms with E-state index < -0.39 is 0 Å². The zero-order valence-corrected chi connectivity index (χ0v) is 9.72. The van der Waals surface area contributed by atoms with E-state index in [0.29, 0.717) is 6.10 Å². The normalized spacial score (nSPS) is 12.7. The summed E-state index contributed by atoms with van der Waals surface area (Å²) >= 11 is 1.84. The molecule has 0 aromatic heterocycles. The third kappa shape index (κ3) is 4.16. The minimum atomic E-state index is 0.394. The van der Waals surface area contributed by atoms with E-state index in [0.717, 1.165) is 18.6 Å². The molecule has 0 aliphatic heterocycles. The van der Waals surface area contributed by atoms with Gasteiger partial charge in [-0.25, -0.2) is 0 Å². The van der Waals surface area contributed by atoms with Crippen LogP contribution in [0.5, 0.6) is 0 Å². The van der Waals surface area contributed by atoms with Crippen molar-refractivity contribution in [3.8, 4) is 0 Å². The van der Waals surface area contributed by atoms with Crippen LogP contribution in [0.15, 0.2) is 30.3 Å². The molecule has 0 radical (unpaired) electrons. The highest BCUT2D eigenvalue weighted by Gasteiger charge is 2.05. The maximum absolute atomic E-state index is 5.39. The molecule has 14 heavy (non-hydrogen) atoms. The van der Waals surface area contributed by atoms with E-state index in [1.165, 1.54) is 5.56 Å². The van der Waals surface area contributed by atoms with Gasteiger partial charge in [0.05, 0.1) is 6.10 Å². The number of ether oxygens (including phenoxy) is 1. The van der Waals surface area contributed by atoms with Crippen molar-refractivity contribution in [1.29, 1.82) is 0 Å². The second-order valence-corrected chi connectivity index (χ2v) is 4.25. The summed E-state index contributed by atoms with van der Waals surface area (Å²) in [7, 11) is 1.80. The van der Waals surface area contributed by atoms with E-state index in [4.69, 9.17) is 4.74 Å². The number of methoxy groups -OCH3 is 1. The third-order valence-corrected chi connectivity index (χ3v) is 2.99. The highest BCUT2D eigenvalue weighted by atomic mass is 32.2. The first-order valence-electron chi connectivity index (χ1n) is 4.92. The van der Waals surface area contributed by atoms with Crippen LogP contribution < -0.4 is 0 Å². The van der Waals surface area contributed by atoms with Gasteiger partial charge in [-0.1, -0.05) is 30.3 Å². The van der Waals surface area contributed by atoms with Crippen molar-refractivity contribution in [3.05, 3.63) is 35.9 Å². The van der Waals surface area contributed by atoms with Crippen LogP contribution in [0, 0.1) is 0 Å². The second-order valence-electron chi connectivity index (χ2n) is 3.34. The predicted molar refractivity (Wildman–Crippen MR) is 63.9 cm³/mol. The van der Waals surface area contributed by atoms with Crippen LogP contribution in [0.1, 0.15) is 12.0 Å².